The van der Waals surface area contributed by atoms with E-state index >= 15 is 0 Å². The SMILES string of the molecule is CNCC(O)COc1c(Br)cc([N+](=O)[O-])cc1Br. The lowest BCUT2D eigenvalue weighted by molar-refractivity contribution is -0.385. The van der Waals surface area contributed by atoms with Crippen LogP contribution in [0.1, 0.15) is 0 Å². The summed E-state index contributed by atoms with van der Waals surface area (Å²) >= 11 is 6.40. The molecule has 0 aliphatic carbocycles. The molecule has 1 aromatic carbocycles. The Morgan fingerprint density at radius 1 is 1.50 bits per heavy atom. The van der Waals surface area contributed by atoms with Gasteiger partial charge in [-0.1, -0.05) is 0 Å². The Bertz CT molecular complexity index is 419. The van der Waals surface area contributed by atoms with Crippen molar-refractivity contribution in [1.82, 2.24) is 5.32 Å². The van der Waals surface area contributed by atoms with Crippen molar-refractivity contribution in [1.29, 1.82) is 0 Å². The van der Waals surface area contributed by atoms with Crippen LogP contribution in [0.25, 0.3) is 0 Å². The maximum atomic E-state index is 10.6. The number of aliphatic hydroxyl groups excluding tert-OH is 1. The van der Waals surface area contributed by atoms with Crippen LogP contribution in [0.5, 0.6) is 5.75 Å². The summed E-state index contributed by atoms with van der Waals surface area (Å²) in [4.78, 5) is 10.2. The molecule has 0 bridgehead atoms. The Morgan fingerprint density at radius 3 is 2.50 bits per heavy atom. The summed E-state index contributed by atoms with van der Waals surface area (Å²) in [6, 6.07) is 2.70. The van der Waals surface area contributed by atoms with Crippen LogP contribution < -0.4 is 10.1 Å². The first-order valence-corrected chi connectivity index (χ1v) is 6.63. The van der Waals surface area contributed by atoms with Gasteiger partial charge in [-0.15, -0.1) is 0 Å². The summed E-state index contributed by atoms with van der Waals surface area (Å²) < 4.78 is 6.33. The van der Waals surface area contributed by atoms with Crippen LogP contribution in [0, 0.1) is 10.1 Å². The summed E-state index contributed by atoms with van der Waals surface area (Å²) in [5.74, 6) is 0.427. The molecule has 0 aliphatic rings. The number of nitro groups is 1. The summed E-state index contributed by atoms with van der Waals surface area (Å²) in [5, 5.41) is 23.0. The maximum Gasteiger partial charge on any atom is 0.271 e. The largest absolute Gasteiger partial charge is 0.488 e. The van der Waals surface area contributed by atoms with E-state index in [0.29, 0.717) is 21.2 Å². The summed E-state index contributed by atoms with van der Waals surface area (Å²) in [5.41, 5.74) is -0.0446. The Kier molecular flexibility index (Phi) is 6.00. The minimum atomic E-state index is -0.649. The summed E-state index contributed by atoms with van der Waals surface area (Å²) in [7, 11) is 1.72. The summed E-state index contributed by atoms with van der Waals surface area (Å²) in [6.45, 7) is 0.498. The van der Waals surface area contributed by atoms with Crippen LogP contribution >= 0.6 is 31.9 Å². The fourth-order valence-corrected chi connectivity index (χ4v) is 2.66. The van der Waals surface area contributed by atoms with Gasteiger partial charge in [0.2, 0.25) is 0 Å². The number of likely N-dealkylation sites (N-methyl/N-ethyl adjacent to an activating group) is 1. The van der Waals surface area contributed by atoms with Gasteiger partial charge in [-0.05, 0) is 38.9 Å². The van der Waals surface area contributed by atoms with Crippen LogP contribution in [0.3, 0.4) is 0 Å². The molecule has 1 atom stereocenters. The molecule has 0 aliphatic heterocycles. The van der Waals surface area contributed by atoms with Crippen LogP contribution in [0.2, 0.25) is 0 Å². The van der Waals surface area contributed by atoms with Gasteiger partial charge in [0.05, 0.1) is 13.9 Å². The Hall–Kier alpha value is -0.700. The van der Waals surface area contributed by atoms with Crippen molar-refractivity contribution in [2.24, 2.45) is 0 Å². The van der Waals surface area contributed by atoms with Gasteiger partial charge < -0.3 is 15.2 Å². The van der Waals surface area contributed by atoms with Crippen molar-refractivity contribution in [3.63, 3.8) is 0 Å². The number of rotatable bonds is 6. The number of hydrogen-bond acceptors (Lipinski definition) is 5. The molecule has 18 heavy (non-hydrogen) atoms. The fourth-order valence-electron chi connectivity index (χ4n) is 1.26. The van der Waals surface area contributed by atoms with Crippen molar-refractivity contribution < 1.29 is 14.8 Å². The van der Waals surface area contributed by atoms with E-state index in [9.17, 15) is 15.2 Å². The number of non-ortho nitro benzene ring substituents is 1. The lowest BCUT2D eigenvalue weighted by Crippen LogP contribution is -2.29. The molecule has 0 radical (unpaired) electrons. The van der Waals surface area contributed by atoms with Crippen LogP contribution in [-0.2, 0) is 0 Å². The monoisotopic (exact) mass is 382 g/mol. The third-order valence-electron chi connectivity index (χ3n) is 2.05. The van der Waals surface area contributed by atoms with E-state index in [1.165, 1.54) is 12.1 Å². The molecule has 0 heterocycles. The van der Waals surface area contributed by atoms with E-state index in [1.807, 2.05) is 0 Å². The van der Waals surface area contributed by atoms with Gasteiger partial charge in [-0.25, -0.2) is 0 Å². The Morgan fingerprint density at radius 2 is 2.06 bits per heavy atom. The second kappa shape index (κ2) is 7.03. The molecule has 0 saturated heterocycles. The van der Waals surface area contributed by atoms with Crippen molar-refractivity contribution >= 4 is 37.5 Å². The van der Waals surface area contributed by atoms with Crippen LogP contribution in [-0.4, -0.2) is 36.3 Å². The van der Waals surface area contributed by atoms with Gasteiger partial charge in [0.25, 0.3) is 5.69 Å². The molecule has 0 spiro atoms. The van der Waals surface area contributed by atoms with E-state index in [2.05, 4.69) is 37.2 Å². The molecule has 2 N–H and O–H groups in total. The quantitative estimate of drug-likeness (QED) is 0.580. The van der Waals surface area contributed by atoms with Gasteiger partial charge in [0, 0.05) is 18.7 Å². The van der Waals surface area contributed by atoms with E-state index in [0.717, 1.165) is 0 Å². The van der Waals surface area contributed by atoms with Gasteiger partial charge in [-0.3, -0.25) is 10.1 Å². The van der Waals surface area contributed by atoms with Gasteiger partial charge in [-0.2, -0.15) is 0 Å². The predicted octanol–water partition coefficient (Wildman–Crippen LogP) is 2.08. The molecule has 0 saturated carbocycles. The van der Waals surface area contributed by atoms with E-state index in [4.69, 9.17) is 4.74 Å². The molecule has 1 aromatic rings. The first-order chi connectivity index (χ1) is 8.45. The van der Waals surface area contributed by atoms with E-state index < -0.39 is 11.0 Å². The number of nitro benzene ring substituents is 1. The predicted molar refractivity (Wildman–Crippen MR) is 73.9 cm³/mol. The van der Waals surface area contributed by atoms with Crippen LogP contribution in [0.4, 0.5) is 5.69 Å². The molecule has 0 aromatic heterocycles. The number of hydrogen-bond donors (Lipinski definition) is 2. The third-order valence-corrected chi connectivity index (χ3v) is 3.23. The number of nitrogens with zero attached hydrogens (tertiary/aromatic N) is 1. The highest BCUT2D eigenvalue weighted by Crippen LogP contribution is 2.37. The Labute approximate surface area is 121 Å². The molecular formula is C10H12Br2N2O4. The number of benzene rings is 1. The standard InChI is InChI=1S/C10H12Br2N2O4/c1-13-4-7(15)5-18-10-8(11)2-6(14(16)17)3-9(10)12/h2-3,7,13,15H,4-5H2,1H3. The zero-order valence-electron chi connectivity index (χ0n) is 9.52. The maximum absolute atomic E-state index is 10.6. The van der Waals surface area contributed by atoms with Gasteiger partial charge in [0.15, 0.2) is 0 Å². The van der Waals surface area contributed by atoms with Gasteiger partial charge in [0.1, 0.15) is 18.5 Å². The second-order valence-electron chi connectivity index (χ2n) is 3.52. The number of aliphatic hydroxyl groups is 1. The second-order valence-corrected chi connectivity index (χ2v) is 5.23. The topological polar surface area (TPSA) is 84.6 Å². The lowest BCUT2D eigenvalue weighted by atomic mass is 10.3. The van der Waals surface area contributed by atoms with Crippen molar-refractivity contribution in [3.05, 3.63) is 31.2 Å². The smallest absolute Gasteiger partial charge is 0.271 e. The molecule has 1 rings (SSSR count). The van der Waals surface area contributed by atoms with Gasteiger partial charge >= 0.3 is 0 Å². The molecule has 8 heteroatoms. The Balaban J connectivity index is 2.81. The highest BCUT2D eigenvalue weighted by atomic mass is 79.9. The first kappa shape index (κ1) is 15.4. The number of ether oxygens (including phenoxy) is 1. The van der Waals surface area contributed by atoms with E-state index in [-0.39, 0.29) is 12.3 Å². The molecule has 0 fully saturated rings. The van der Waals surface area contributed by atoms with Crippen molar-refractivity contribution in [2.75, 3.05) is 20.2 Å². The summed E-state index contributed by atoms with van der Waals surface area (Å²) in [6.07, 6.45) is -0.649. The molecule has 100 valence electrons. The first-order valence-electron chi connectivity index (χ1n) is 5.04. The number of halogens is 2. The minimum Gasteiger partial charge on any atom is -0.488 e. The average molecular weight is 384 g/mol. The normalized spacial score (nSPS) is 12.2. The molecular weight excluding hydrogens is 372 g/mol. The fraction of sp³-hybridized carbons (Fsp3) is 0.400. The van der Waals surface area contributed by atoms with E-state index in [1.54, 1.807) is 7.05 Å². The van der Waals surface area contributed by atoms with Crippen LogP contribution in [0.15, 0.2) is 21.1 Å². The minimum absolute atomic E-state index is 0.0446. The highest BCUT2D eigenvalue weighted by Gasteiger charge is 2.16. The molecule has 1 unspecified atom stereocenters. The van der Waals surface area contributed by atoms with Crippen molar-refractivity contribution in [2.45, 2.75) is 6.10 Å². The molecule has 6 nitrogen and oxygen atoms in total. The third kappa shape index (κ3) is 4.20. The highest BCUT2D eigenvalue weighted by molar-refractivity contribution is 9.11. The lowest BCUT2D eigenvalue weighted by Gasteiger charge is -2.14. The molecule has 0 amide bonds. The zero-order valence-corrected chi connectivity index (χ0v) is 12.7. The van der Waals surface area contributed by atoms with Crippen molar-refractivity contribution in [3.8, 4) is 5.75 Å². The number of nitrogens with one attached hydrogen (secondary N) is 1. The average Bonchev–Trinajstić information content (AvgIpc) is 2.27. The zero-order chi connectivity index (χ0) is 13.7.